The van der Waals surface area contributed by atoms with Crippen LogP contribution in [0.4, 0.5) is 0 Å². The van der Waals surface area contributed by atoms with Crippen LogP contribution in [0.2, 0.25) is 0 Å². The number of carbonyl (C=O) groups excluding carboxylic acids is 3. The Balaban J connectivity index is 1.55. The number of nitrogens with zero attached hydrogens (tertiary/aromatic N) is 1. The summed E-state index contributed by atoms with van der Waals surface area (Å²) in [6.07, 6.45) is 4.38. The number of aromatic nitrogens is 1. The first kappa shape index (κ1) is 40.0. The van der Waals surface area contributed by atoms with E-state index in [0.29, 0.717) is 13.0 Å². The van der Waals surface area contributed by atoms with E-state index in [2.05, 4.69) is 38.0 Å². The third-order valence-electron chi connectivity index (χ3n) is 11.1. The summed E-state index contributed by atoms with van der Waals surface area (Å²) in [6, 6.07) is -0.314. The van der Waals surface area contributed by atoms with E-state index >= 15 is 0 Å². The molecule has 3 heterocycles. The van der Waals surface area contributed by atoms with E-state index in [-0.39, 0.29) is 70.3 Å². The number of carbonyl (C=O) groups is 3. The van der Waals surface area contributed by atoms with Crippen molar-refractivity contribution in [1.29, 1.82) is 0 Å². The van der Waals surface area contributed by atoms with Gasteiger partial charge in [0.1, 0.15) is 11.4 Å². The molecule has 1 amide bonds. The number of ether oxygens (including phenoxy) is 3. The summed E-state index contributed by atoms with van der Waals surface area (Å²) in [5, 5.41) is 17.7. The third-order valence-corrected chi connectivity index (χ3v) is 13.3. The lowest BCUT2D eigenvalue weighted by Crippen LogP contribution is -2.46. The van der Waals surface area contributed by atoms with Crippen LogP contribution in [0.1, 0.15) is 125 Å². The number of hydrogen-bond acceptors (Lipinski definition) is 10. The zero-order chi connectivity index (χ0) is 36.6. The Bertz CT molecular complexity index is 1400. The molecular weight excluding hydrogens is 661 g/mol. The molecule has 0 spiro atoms. The standard InChI is InChI=1S/C38H60N2O7S2/c1-23(17-27-20-48-26(4)39-27)28-18-30-37(11,46-30)14-12-13-24(2)38(22-36(10,33(44)25(38)3)29(41)19-31(42)40-28)47-32(43)21-49-35(8,9)15-16-45-34(5,6)7/h17,20,24-25,28-30,41H,12-16,18-19,21-22H2,1-11H3,(H,40,42)/b23-17+/t24-,25-,28-,29-,30-,36-,37+,38+/m0/s1. The second-order valence-corrected chi connectivity index (χ2v) is 19.6. The first-order valence-electron chi connectivity index (χ1n) is 17.9. The van der Waals surface area contributed by atoms with Gasteiger partial charge in [0, 0.05) is 29.6 Å². The van der Waals surface area contributed by atoms with E-state index in [1.807, 2.05) is 53.0 Å². The van der Waals surface area contributed by atoms with Gasteiger partial charge in [-0.1, -0.05) is 34.1 Å². The van der Waals surface area contributed by atoms with Gasteiger partial charge in [-0.25, -0.2) is 4.98 Å². The van der Waals surface area contributed by atoms with Crippen LogP contribution in [0.3, 0.4) is 0 Å². The molecule has 1 saturated carbocycles. The molecular formula is C38H60N2O7S2. The van der Waals surface area contributed by atoms with Crippen molar-refractivity contribution in [2.24, 2.45) is 17.3 Å². The lowest BCUT2D eigenvalue weighted by Gasteiger charge is -2.40. The van der Waals surface area contributed by atoms with Crippen LogP contribution in [-0.2, 0) is 28.6 Å². The Morgan fingerprint density at radius 1 is 1.22 bits per heavy atom. The van der Waals surface area contributed by atoms with Crippen molar-refractivity contribution in [1.82, 2.24) is 10.3 Å². The minimum Gasteiger partial charge on any atom is -0.457 e. The molecule has 2 N–H and O–H groups in total. The van der Waals surface area contributed by atoms with Crippen LogP contribution in [-0.4, -0.2) is 79.9 Å². The average Bonchev–Trinajstić information content (AvgIpc) is 3.33. The summed E-state index contributed by atoms with van der Waals surface area (Å²) < 4.78 is 18.4. The number of esters is 1. The number of hydrogen-bond donors (Lipinski definition) is 2. The smallest absolute Gasteiger partial charge is 0.316 e. The molecule has 0 unspecified atom stereocenters. The molecule has 0 radical (unpaired) electrons. The van der Waals surface area contributed by atoms with E-state index in [1.165, 1.54) is 11.8 Å². The number of aryl methyl sites for hydroxylation is 1. The van der Waals surface area contributed by atoms with E-state index in [9.17, 15) is 19.5 Å². The molecule has 9 nitrogen and oxygen atoms in total. The molecule has 11 heteroatoms. The molecule has 2 bridgehead atoms. The molecule has 276 valence electrons. The molecule has 2 aliphatic heterocycles. The Morgan fingerprint density at radius 2 is 1.92 bits per heavy atom. The molecule has 1 aromatic heterocycles. The minimum atomic E-state index is -1.25. The van der Waals surface area contributed by atoms with Gasteiger partial charge in [0.2, 0.25) is 5.91 Å². The quantitative estimate of drug-likeness (QED) is 0.203. The molecule has 1 aromatic rings. The predicted molar refractivity (Wildman–Crippen MR) is 197 cm³/mol. The van der Waals surface area contributed by atoms with Gasteiger partial charge in [-0.3, -0.25) is 14.4 Å². The van der Waals surface area contributed by atoms with Crippen molar-refractivity contribution >= 4 is 46.8 Å². The van der Waals surface area contributed by atoms with Crippen molar-refractivity contribution in [2.45, 2.75) is 161 Å². The normalized spacial score (nSPS) is 34.9. The van der Waals surface area contributed by atoms with Gasteiger partial charge in [0.05, 0.1) is 63.7 Å². The fourth-order valence-electron chi connectivity index (χ4n) is 7.63. The highest BCUT2D eigenvalue weighted by Gasteiger charge is 2.64. The molecule has 3 aliphatic rings. The van der Waals surface area contributed by atoms with Crippen molar-refractivity contribution in [3.63, 3.8) is 0 Å². The number of aliphatic hydroxyl groups is 1. The van der Waals surface area contributed by atoms with Gasteiger partial charge < -0.3 is 24.6 Å². The molecule has 4 rings (SSSR count). The fraction of sp³-hybridized carbons (Fsp3) is 0.789. The lowest BCUT2D eigenvalue weighted by molar-refractivity contribution is -0.170. The Hall–Kier alpha value is -1.79. The van der Waals surface area contributed by atoms with Gasteiger partial charge >= 0.3 is 5.97 Å². The summed E-state index contributed by atoms with van der Waals surface area (Å²) in [4.78, 5) is 45.9. The highest BCUT2D eigenvalue weighted by Crippen LogP contribution is 2.54. The van der Waals surface area contributed by atoms with Crippen LogP contribution in [0.25, 0.3) is 6.08 Å². The fourth-order valence-corrected chi connectivity index (χ4v) is 8.99. The number of thiazole rings is 1. The van der Waals surface area contributed by atoms with Crippen molar-refractivity contribution in [2.75, 3.05) is 12.4 Å². The summed E-state index contributed by atoms with van der Waals surface area (Å²) in [6.45, 7) is 22.5. The second-order valence-electron chi connectivity index (χ2n) is 16.8. The Morgan fingerprint density at radius 3 is 2.55 bits per heavy atom. The van der Waals surface area contributed by atoms with E-state index in [0.717, 1.165) is 42.0 Å². The summed E-state index contributed by atoms with van der Waals surface area (Å²) in [7, 11) is 0. The molecule has 2 saturated heterocycles. The summed E-state index contributed by atoms with van der Waals surface area (Å²) in [5.41, 5.74) is -1.11. The van der Waals surface area contributed by atoms with Crippen molar-refractivity contribution in [3.8, 4) is 0 Å². The first-order valence-corrected chi connectivity index (χ1v) is 19.8. The minimum absolute atomic E-state index is 0.0286. The Kier molecular flexibility index (Phi) is 12.3. The van der Waals surface area contributed by atoms with Crippen LogP contribution < -0.4 is 5.32 Å². The SMILES string of the molecule is C/C(=C\c1csc(C)n1)[C@@H]1C[C@@H]2O[C@]2(C)CCC[C@H](C)[C@]2(OC(=O)CSC(C)(C)CCOC(C)(C)C)C[C@](C)(C(=O)[C@@H]2C)[C@@H](O)CC(=O)N1. The van der Waals surface area contributed by atoms with Gasteiger partial charge in [0.15, 0.2) is 0 Å². The monoisotopic (exact) mass is 720 g/mol. The van der Waals surface area contributed by atoms with Crippen LogP contribution in [0, 0.1) is 24.2 Å². The van der Waals surface area contributed by atoms with Crippen molar-refractivity contribution < 1.29 is 33.7 Å². The van der Waals surface area contributed by atoms with E-state index in [1.54, 1.807) is 18.3 Å². The van der Waals surface area contributed by atoms with Gasteiger partial charge in [0.25, 0.3) is 0 Å². The van der Waals surface area contributed by atoms with E-state index in [4.69, 9.17) is 14.2 Å². The number of Topliss-reactive ketones (excluding diaryl/α,β-unsaturated/α-hetero) is 1. The van der Waals surface area contributed by atoms with Gasteiger partial charge in [-0.15, -0.1) is 23.1 Å². The zero-order valence-corrected chi connectivity index (χ0v) is 33.2. The van der Waals surface area contributed by atoms with Crippen LogP contribution in [0.15, 0.2) is 11.0 Å². The summed E-state index contributed by atoms with van der Waals surface area (Å²) >= 11 is 3.10. The van der Waals surface area contributed by atoms with Crippen LogP contribution >= 0.6 is 23.1 Å². The van der Waals surface area contributed by atoms with Crippen LogP contribution in [0.5, 0.6) is 0 Å². The second kappa shape index (κ2) is 15.1. The largest absolute Gasteiger partial charge is 0.457 e. The number of ketones is 1. The number of epoxide rings is 1. The average molecular weight is 721 g/mol. The van der Waals surface area contributed by atoms with E-state index < -0.39 is 23.0 Å². The number of rotatable bonds is 9. The molecule has 8 atom stereocenters. The van der Waals surface area contributed by atoms with Crippen molar-refractivity contribution in [3.05, 3.63) is 21.7 Å². The topological polar surface area (TPSA) is 127 Å². The zero-order valence-electron chi connectivity index (χ0n) is 31.6. The third kappa shape index (κ3) is 9.76. The first-order chi connectivity index (χ1) is 22.6. The Labute approximate surface area is 302 Å². The number of fused-ring (bicyclic) bond motifs is 3. The summed E-state index contributed by atoms with van der Waals surface area (Å²) in [5.74, 6) is -1.52. The molecule has 3 fully saturated rings. The highest BCUT2D eigenvalue weighted by atomic mass is 32.2. The van der Waals surface area contributed by atoms with Gasteiger partial charge in [-0.2, -0.15) is 0 Å². The predicted octanol–water partition coefficient (Wildman–Crippen LogP) is 7.07. The molecule has 0 aromatic carbocycles. The molecule has 49 heavy (non-hydrogen) atoms. The lowest BCUT2D eigenvalue weighted by atomic mass is 9.75. The maximum atomic E-state index is 14.1. The highest BCUT2D eigenvalue weighted by molar-refractivity contribution is 8.01. The number of nitrogens with one attached hydrogen (secondary N) is 1. The maximum absolute atomic E-state index is 14.1. The number of amides is 1. The number of aliphatic hydroxyl groups excluding tert-OH is 1. The molecule has 1 aliphatic carbocycles. The maximum Gasteiger partial charge on any atom is 0.316 e. The number of thioether (sulfide) groups is 1. The van der Waals surface area contributed by atoms with Gasteiger partial charge in [-0.05, 0) is 85.3 Å².